The Hall–Kier alpha value is -1.13. The Morgan fingerprint density at radius 2 is 2.21 bits per heavy atom. The minimum atomic E-state index is -0.235. The summed E-state index contributed by atoms with van der Waals surface area (Å²) < 4.78 is 24.6. The van der Waals surface area contributed by atoms with Crippen molar-refractivity contribution in [2.45, 2.75) is 45.4 Å². The van der Waals surface area contributed by atoms with Crippen molar-refractivity contribution < 1.29 is 13.9 Å². The highest BCUT2D eigenvalue weighted by Gasteiger charge is 2.19. The molecule has 1 saturated heterocycles. The molecule has 1 unspecified atom stereocenters. The van der Waals surface area contributed by atoms with Crippen LogP contribution >= 0.6 is 0 Å². The minimum Gasteiger partial charge on any atom is -0.488 e. The number of halogens is 1. The molecular formula is C15H22FNO2. The van der Waals surface area contributed by atoms with Crippen molar-refractivity contribution >= 4 is 0 Å². The molecule has 4 heteroatoms. The Kier molecular flexibility index (Phi) is 4.42. The number of hydrogen-bond acceptors (Lipinski definition) is 3. The zero-order valence-electron chi connectivity index (χ0n) is 11.8. The minimum absolute atomic E-state index is 0.0138. The van der Waals surface area contributed by atoms with Gasteiger partial charge in [0.2, 0.25) is 0 Å². The SMILES string of the molecule is CC(C)(C)NCc1cc(F)ccc1OC1CCOC1. The first-order valence-corrected chi connectivity index (χ1v) is 6.72. The Morgan fingerprint density at radius 3 is 2.84 bits per heavy atom. The molecule has 3 nitrogen and oxygen atoms in total. The lowest BCUT2D eigenvalue weighted by Crippen LogP contribution is -2.35. The molecule has 0 saturated carbocycles. The molecule has 1 atom stereocenters. The van der Waals surface area contributed by atoms with Crippen LogP contribution in [-0.2, 0) is 11.3 Å². The number of ether oxygens (including phenoxy) is 2. The van der Waals surface area contributed by atoms with Gasteiger partial charge in [0.15, 0.2) is 0 Å². The van der Waals surface area contributed by atoms with Crippen molar-refractivity contribution in [1.82, 2.24) is 5.32 Å². The second-order valence-electron chi connectivity index (χ2n) is 5.96. The van der Waals surface area contributed by atoms with Crippen LogP contribution in [0.1, 0.15) is 32.8 Å². The fourth-order valence-electron chi connectivity index (χ4n) is 1.95. The van der Waals surface area contributed by atoms with Crippen LogP contribution in [0.3, 0.4) is 0 Å². The standard InChI is InChI=1S/C15H22FNO2/c1-15(2,3)17-9-11-8-12(16)4-5-14(11)19-13-6-7-18-10-13/h4-5,8,13,17H,6-7,9-10H2,1-3H3. The number of hydrogen-bond donors (Lipinski definition) is 1. The summed E-state index contributed by atoms with van der Waals surface area (Å²) in [6.07, 6.45) is 0.975. The molecule has 0 aliphatic carbocycles. The Bertz CT molecular complexity index is 423. The molecule has 1 aromatic rings. The maximum atomic E-state index is 13.4. The van der Waals surface area contributed by atoms with E-state index in [9.17, 15) is 4.39 Å². The number of benzene rings is 1. The average molecular weight is 267 g/mol. The summed E-state index contributed by atoms with van der Waals surface area (Å²) in [5.41, 5.74) is 0.835. The zero-order valence-corrected chi connectivity index (χ0v) is 11.8. The predicted molar refractivity (Wildman–Crippen MR) is 72.8 cm³/mol. The van der Waals surface area contributed by atoms with Crippen molar-refractivity contribution in [2.75, 3.05) is 13.2 Å². The van der Waals surface area contributed by atoms with Gasteiger partial charge in [0.25, 0.3) is 0 Å². The third-order valence-electron chi connectivity index (χ3n) is 3.01. The van der Waals surface area contributed by atoms with Gasteiger partial charge in [-0.2, -0.15) is 0 Å². The quantitative estimate of drug-likeness (QED) is 0.910. The highest BCUT2D eigenvalue weighted by molar-refractivity contribution is 5.34. The predicted octanol–water partition coefficient (Wildman–Crippen LogP) is 2.88. The molecule has 1 aromatic carbocycles. The summed E-state index contributed by atoms with van der Waals surface area (Å²) >= 11 is 0. The maximum Gasteiger partial charge on any atom is 0.124 e. The average Bonchev–Trinajstić information content (AvgIpc) is 2.81. The van der Waals surface area contributed by atoms with E-state index < -0.39 is 0 Å². The van der Waals surface area contributed by atoms with Crippen molar-refractivity contribution in [3.8, 4) is 5.75 Å². The third-order valence-corrected chi connectivity index (χ3v) is 3.01. The van der Waals surface area contributed by atoms with Crippen LogP contribution < -0.4 is 10.1 Å². The van der Waals surface area contributed by atoms with Gasteiger partial charge < -0.3 is 14.8 Å². The molecule has 0 bridgehead atoms. The molecule has 0 spiro atoms. The van der Waals surface area contributed by atoms with Gasteiger partial charge in [-0.3, -0.25) is 0 Å². The van der Waals surface area contributed by atoms with Crippen molar-refractivity contribution in [3.63, 3.8) is 0 Å². The van der Waals surface area contributed by atoms with Gasteiger partial charge in [0.05, 0.1) is 13.2 Å². The highest BCUT2D eigenvalue weighted by atomic mass is 19.1. The first kappa shape index (κ1) is 14.3. The van der Waals surface area contributed by atoms with E-state index in [2.05, 4.69) is 26.1 Å². The Labute approximate surface area is 114 Å². The maximum absolute atomic E-state index is 13.4. The van der Waals surface area contributed by atoms with E-state index >= 15 is 0 Å². The molecule has 0 aromatic heterocycles. The smallest absolute Gasteiger partial charge is 0.124 e. The molecule has 1 fully saturated rings. The topological polar surface area (TPSA) is 30.5 Å². The molecule has 19 heavy (non-hydrogen) atoms. The van der Waals surface area contributed by atoms with Crippen LogP contribution in [0.25, 0.3) is 0 Å². The molecular weight excluding hydrogens is 245 g/mol. The molecule has 0 radical (unpaired) electrons. The van der Waals surface area contributed by atoms with Crippen LogP contribution in [0, 0.1) is 5.82 Å². The van der Waals surface area contributed by atoms with Gasteiger partial charge in [-0.05, 0) is 39.0 Å². The van der Waals surface area contributed by atoms with E-state index in [0.29, 0.717) is 13.2 Å². The highest BCUT2D eigenvalue weighted by Crippen LogP contribution is 2.23. The number of rotatable bonds is 4. The van der Waals surface area contributed by atoms with E-state index in [1.807, 2.05) is 0 Å². The molecule has 2 rings (SSSR count). The Balaban J connectivity index is 2.08. The first-order valence-electron chi connectivity index (χ1n) is 6.72. The van der Waals surface area contributed by atoms with Gasteiger partial charge in [0.1, 0.15) is 17.7 Å². The van der Waals surface area contributed by atoms with Gasteiger partial charge in [-0.25, -0.2) is 4.39 Å². The van der Waals surface area contributed by atoms with E-state index in [-0.39, 0.29) is 17.5 Å². The van der Waals surface area contributed by atoms with Gasteiger partial charge in [0, 0.05) is 24.1 Å². The van der Waals surface area contributed by atoms with Crippen molar-refractivity contribution in [2.24, 2.45) is 0 Å². The second-order valence-corrected chi connectivity index (χ2v) is 5.96. The largest absolute Gasteiger partial charge is 0.488 e. The second kappa shape index (κ2) is 5.88. The van der Waals surface area contributed by atoms with Crippen LogP contribution in [-0.4, -0.2) is 24.9 Å². The third kappa shape index (κ3) is 4.48. The van der Waals surface area contributed by atoms with Crippen LogP contribution in [0.4, 0.5) is 4.39 Å². The molecule has 1 heterocycles. The monoisotopic (exact) mass is 267 g/mol. The van der Waals surface area contributed by atoms with E-state index in [1.54, 1.807) is 6.07 Å². The van der Waals surface area contributed by atoms with Crippen LogP contribution in [0.15, 0.2) is 18.2 Å². The van der Waals surface area contributed by atoms with Gasteiger partial charge >= 0.3 is 0 Å². The molecule has 1 N–H and O–H groups in total. The van der Waals surface area contributed by atoms with Gasteiger partial charge in [-0.1, -0.05) is 0 Å². The lowest BCUT2D eigenvalue weighted by molar-refractivity contribution is 0.140. The van der Waals surface area contributed by atoms with Crippen molar-refractivity contribution in [1.29, 1.82) is 0 Å². The summed E-state index contributed by atoms with van der Waals surface area (Å²) in [5, 5.41) is 3.35. The molecule has 1 aliphatic rings. The first-order chi connectivity index (χ1) is 8.94. The van der Waals surface area contributed by atoms with Crippen LogP contribution in [0.2, 0.25) is 0 Å². The van der Waals surface area contributed by atoms with Gasteiger partial charge in [-0.15, -0.1) is 0 Å². The fourth-order valence-corrected chi connectivity index (χ4v) is 1.95. The zero-order chi connectivity index (χ0) is 13.9. The summed E-state index contributed by atoms with van der Waals surface area (Å²) in [5.74, 6) is 0.509. The number of nitrogens with one attached hydrogen (secondary N) is 1. The summed E-state index contributed by atoms with van der Waals surface area (Å²) in [6.45, 7) is 8.18. The Morgan fingerprint density at radius 1 is 1.42 bits per heavy atom. The summed E-state index contributed by atoms with van der Waals surface area (Å²) in [4.78, 5) is 0. The van der Waals surface area contributed by atoms with E-state index in [4.69, 9.17) is 9.47 Å². The lowest BCUT2D eigenvalue weighted by Gasteiger charge is -2.22. The van der Waals surface area contributed by atoms with Crippen molar-refractivity contribution in [3.05, 3.63) is 29.6 Å². The van der Waals surface area contributed by atoms with E-state index in [0.717, 1.165) is 24.3 Å². The van der Waals surface area contributed by atoms with E-state index in [1.165, 1.54) is 12.1 Å². The summed E-state index contributed by atoms with van der Waals surface area (Å²) in [7, 11) is 0. The summed E-state index contributed by atoms with van der Waals surface area (Å²) in [6, 6.07) is 4.67. The molecule has 1 aliphatic heterocycles. The molecule has 106 valence electrons. The normalized spacial score (nSPS) is 19.7. The molecule has 0 amide bonds. The fraction of sp³-hybridized carbons (Fsp3) is 0.600. The lowest BCUT2D eigenvalue weighted by atomic mass is 10.1. The van der Waals surface area contributed by atoms with Crippen LogP contribution in [0.5, 0.6) is 5.75 Å².